The number of rotatable bonds is 9. The first-order chi connectivity index (χ1) is 14.3. The van der Waals surface area contributed by atoms with Crippen molar-refractivity contribution in [2.75, 3.05) is 36.6 Å². The molecule has 0 atom stereocenters. The predicted molar refractivity (Wildman–Crippen MR) is 106 cm³/mol. The van der Waals surface area contributed by atoms with Gasteiger partial charge in [0.1, 0.15) is 6.33 Å². The second-order valence-corrected chi connectivity index (χ2v) is 8.31. The topological polar surface area (TPSA) is 70.5 Å². The zero-order chi connectivity index (χ0) is 21.4. The summed E-state index contributed by atoms with van der Waals surface area (Å²) in [5, 5.41) is 12.5. The fraction of sp³-hybridized carbons (Fsp3) is 0.524. The summed E-state index contributed by atoms with van der Waals surface area (Å²) in [6, 6.07) is 6.24. The van der Waals surface area contributed by atoms with Crippen LogP contribution in [0.1, 0.15) is 30.9 Å². The van der Waals surface area contributed by atoms with E-state index < -0.39 is 17.2 Å². The highest BCUT2D eigenvalue weighted by Gasteiger charge is 2.38. The smallest absolute Gasteiger partial charge is 0.270 e. The number of hydrogen-bond acceptors (Lipinski definition) is 6. The molecule has 2 aromatic rings. The lowest BCUT2D eigenvalue weighted by atomic mass is 9.87. The average Bonchev–Trinajstić information content (AvgIpc) is 3.52. The van der Waals surface area contributed by atoms with Crippen LogP contribution < -0.4 is 10.2 Å². The molecule has 1 aliphatic heterocycles. The van der Waals surface area contributed by atoms with Crippen molar-refractivity contribution in [3.8, 4) is 0 Å². The first kappa shape index (κ1) is 20.9. The number of nitrogens with one attached hydrogen (secondary N) is 1. The van der Waals surface area contributed by atoms with E-state index in [-0.39, 0.29) is 29.8 Å². The van der Waals surface area contributed by atoms with Crippen LogP contribution in [0.15, 0.2) is 30.6 Å². The first-order valence-corrected chi connectivity index (χ1v) is 9.98. The Hall–Kier alpha value is -2.39. The zero-order valence-electron chi connectivity index (χ0n) is 16.7. The fourth-order valence-corrected chi connectivity index (χ4v) is 3.46. The number of benzene rings is 1. The van der Waals surface area contributed by atoms with Gasteiger partial charge < -0.3 is 20.1 Å². The monoisotopic (exact) mass is 422 g/mol. The maximum Gasteiger partial charge on any atom is 0.270 e. The van der Waals surface area contributed by atoms with Crippen LogP contribution in [0.4, 0.5) is 24.8 Å². The Bertz CT molecular complexity index is 875. The zero-order valence-corrected chi connectivity index (χ0v) is 16.7. The minimum Gasteiger partial charge on any atom is -0.396 e. The van der Waals surface area contributed by atoms with Gasteiger partial charge in [0, 0.05) is 31.6 Å². The molecule has 0 amide bonds. The quantitative estimate of drug-likeness (QED) is 0.646. The van der Waals surface area contributed by atoms with Gasteiger partial charge in [0.2, 0.25) is 5.82 Å². The van der Waals surface area contributed by atoms with Gasteiger partial charge in [0.05, 0.1) is 25.2 Å². The van der Waals surface area contributed by atoms with Gasteiger partial charge in [-0.05, 0) is 18.4 Å². The third-order valence-electron chi connectivity index (χ3n) is 5.63. The molecular weight excluding hydrogens is 397 g/mol. The van der Waals surface area contributed by atoms with Crippen LogP contribution in [-0.4, -0.2) is 47.5 Å². The van der Waals surface area contributed by atoms with Crippen molar-refractivity contribution in [2.24, 2.45) is 5.41 Å². The molecule has 0 bridgehead atoms. The van der Waals surface area contributed by atoms with Crippen molar-refractivity contribution in [2.45, 2.75) is 38.3 Å². The molecule has 1 saturated heterocycles. The van der Waals surface area contributed by atoms with Crippen LogP contribution in [0.3, 0.4) is 0 Å². The van der Waals surface area contributed by atoms with E-state index in [0.29, 0.717) is 26.3 Å². The molecule has 1 saturated carbocycles. The molecule has 0 spiro atoms. The molecule has 30 heavy (non-hydrogen) atoms. The fourth-order valence-electron chi connectivity index (χ4n) is 3.46. The molecule has 0 unspecified atom stereocenters. The van der Waals surface area contributed by atoms with Crippen molar-refractivity contribution in [3.05, 3.63) is 47.5 Å². The Kier molecular flexibility index (Phi) is 5.59. The lowest BCUT2D eigenvalue weighted by Crippen LogP contribution is -2.50. The van der Waals surface area contributed by atoms with E-state index in [9.17, 15) is 13.9 Å². The molecule has 162 valence electrons. The predicted octanol–water partition coefficient (Wildman–Crippen LogP) is 3.32. The van der Waals surface area contributed by atoms with Crippen LogP contribution in [0.2, 0.25) is 0 Å². The Morgan fingerprint density at radius 3 is 2.47 bits per heavy atom. The van der Waals surface area contributed by atoms with Gasteiger partial charge in [-0.15, -0.1) is 0 Å². The van der Waals surface area contributed by atoms with Crippen molar-refractivity contribution in [1.29, 1.82) is 0 Å². The van der Waals surface area contributed by atoms with E-state index >= 15 is 4.39 Å². The number of aromatic nitrogens is 2. The SMILES string of the molecule is CC(F)(F)c1ccc(CN(c2ncnc(NCC3(CO)COC3)c2F)C2CC2)cc1. The maximum absolute atomic E-state index is 15.2. The Labute approximate surface area is 173 Å². The molecule has 4 rings (SSSR count). The van der Waals surface area contributed by atoms with Gasteiger partial charge in [-0.25, -0.2) is 18.7 Å². The van der Waals surface area contributed by atoms with Gasteiger partial charge in [-0.1, -0.05) is 24.3 Å². The summed E-state index contributed by atoms with van der Waals surface area (Å²) in [6.45, 7) is 2.34. The Balaban J connectivity index is 1.51. The van der Waals surface area contributed by atoms with Crippen molar-refractivity contribution in [3.63, 3.8) is 0 Å². The maximum atomic E-state index is 15.2. The number of alkyl halides is 2. The third-order valence-corrected chi connectivity index (χ3v) is 5.63. The van der Waals surface area contributed by atoms with Crippen molar-refractivity contribution >= 4 is 11.6 Å². The van der Waals surface area contributed by atoms with Crippen LogP contribution in [-0.2, 0) is 17.2 Å². The number of anilines is 2. The van der Waals surface area contributed by atoms with Gasteiger partial charge >= 0.3 is 0 Å². The lowest BCUT2D eigenvalue weighted by Gasteiger charge is -2.40. The normalized spacial score (nSPS) is 18.0. The van der Waals surface area contributed by atoms with E-state index in [1.54, 1.807) is 12.1 Å². The standard InChI is InChI=1S/C21H25F3N4O2/c1-20(23,24)15-4-2-14(3-5-15)8-28(16-6-7-16)19-17(22)18(26-13-27-19)25-9-21(10-29)11-30-12-21/h2-5,13,16,29H,6-12H2,1H3,(H,25,26,27). The molecule has 1 aromatic heterocycles. The molecule has 1 aromatic carbocycles. The van der Waals surface area contributed by atoms with Crippen LogP contribution in [0.5, 0.6) is 0 Å². The number of aliphatic hydroxyl groups is 1. The molecule has 2 N–H and O–H groups in total. The summed E-state index contributed by atoms with van der Waals surface area (Å²) >= 11 is 0. The highest BCUT2D eigenvalue weighted by molar-refractivity contribution is 5.52. The highest BCUT2D eigenvalue weighted by atomic mass is 19.3. The lowest BCUT2D eigenvalue weighted by molar-refractivity contribution is -0.128. The van der Waals surface area contributed by atoms with E-state index in [0.717, 1.165) is 25.3 Å². The molecular formula is C21H25F3N4O2. The van der Waals surface area contributed by atoms with E-state index in [2.05, 4.69) is 15.3 Å². The number of hydrogen-bond donors (Lipinski definition) is 2. The number of nitrogens with zero attached hydrogens (tertiary/aromatic N) is 3. The summed E-state index contributed by atoms with van der Waals surface area (Å²) in [5.74, 6) is -3.20. The van der Waals surface area contributed by atoms with Crippen molar-refractivity contribution in [1.82, 2.24) is 9.97 Å². The summed E-state index contributed by atoms with van der Waals surface area (Å²) in [7, 11) is 0. The average molecular weight is 422 g/mol. The minimum absolute atomic E-state index is 0.0540. The van der Waals surface area contributed by atoms with Crippen LogP contribution in [0, 0.1) is 11.2 Å². The Morgan fingerprint density at radius 2 is 1.93 bits per heavy atom. The highest BCUT2D eigenvalue weighted by Crippen LogP contribution is 2.35. The van der Waals surface area contributed by atoms with Gasteiger partial charge in [0.25, 0.3) is 5.92 Å². The summed E-state index contributed by atoms with van der Waals surface area (Å²) < 4.78 is 47.3. The molecule has 2 heterocycles. The van der Waals surface area contributed by atoms with Gasteiger partial charge in [0.15, 0.2) is 11.6 Å². The second-order valence-electron chi connectivity index (χ2n) is 8.31. The van der Waals surface area contributed by atoms with Gasteiger partial charge in [-0.3, -0.25) is 0 Å². The van der Waals surface area contributed by atoms with E-state index in [1.807, 2.05) is 4.90 Å². The van der Waals surface area contributed by atoms with Crippen molar-refractivity contribution < 1.29 is 23.0 Å². The number of halogens is 3. The molecule has 0 radical (unpaired) electrons. The van der Waals surface area contributed by atoms with E-state index in [1.165, 1.54) is 18.5 Å². The largest absolute Gasteiger partial charge is 0.396 e. The Morgan fingerprint density at radius 1 is 1.23 bits per heavy atom. The number of ether oxygens (including phenoxy) is 1. The second kappa shape index (κ2) is 8.03. The third kappa shape index (κ3) is 4.37. The van der Waals surface area contributed by atoms with Crippen LogP contribution in [0.25, 0.3) is 0 Å². The minimum atomic E-state index is -2.90. The first-order valence-electron chi connectivity index (χ1n) is 9.98. The molecule has 6 nitrogen and oxygen atoms in total. The summed E-state index contributed by atoms with van der Waals surface area (Å²) in [6.07, 6.45) is 3.14. The van der Waals surface area contributed by atoms with E-state index in [4.69, 9.17) is 4.74 Å². The van der Waals surface area contributed by atoms with Gasteiger partial charge in [-0.2, -0.15) is 4.39 Å². The van der Waals surface area contributed by atoms with Crippen LogP contribution >= 0.6 is 0 Å². The molecule has 9 heteroatoms. The molecule has 1 aliphatic carbocycles. The summed E-state index contributed by atoms with van der Waals surface area (Å²) in [5.41, 5.74) is 0.326. The molecule has 2 aliphatic rings. The summed E-state index contributed by atoms with van der Waals surface area (Å²) in [4.78, 5) is 10.0. The molecule has 2 fully saturated rings. The number of aliphatic hydroxyl groups excluding tert-OH is 1.